The summed E-state index contributed by atoms with van der Waals surface area (Å²) < 4.78 is 49.2. The predicted molar refractivity (Wildman–Crippen MR) is 212 cm³/mol. The molecule has 0 unspecified atom stereocenters. The molecule has 8 atom stereocenters. The van der Waals surface area contributed by atoms with Gasteiger partial charge in [-0.2, -0.15) is 0 Å². The van der Waals surface area contributed by atoms with E-state index >= 15 is 0 Å². The molecule has 6 aliphatic rings. The number of piperazine rings is 1. The number of carbonyl (C=O) groups is 1. The molecule has 12 heteroatoms. The molecular weight excluding hydrogens is 724 g/mol. The maximum Gasteiger partial charge on any atom is 0.264 e. The standard InChI is InChI=1S/C42H57ClN4O6S/c1-28-7-5-16-42(51-4,26-45-17-18-46-21-29(2)52-24-35(46)23-45)37-12-9-33(37)22-47-25-41(15-6-8-31-19-34(43)11-13-36(31)41)27-53-39-14-10-32(20-38(39)47)40(48)44-54(49,50)30(28)3/h5,10-11,13-14,16,19-20,28-30,33,35,37H,6-9,12,15,17-18,21-27H2,1-4H3,(H,44,48)/b16-5-/t28-,29+,30+,33-,35-,37+,41-,42+/m0/s1. The highest BCUT2D eigenvalue weighted by molar-refractivity contribution is 7.90. The van der Waals surface area contributed by atoms with E-state index in [1.165, 1.54) is 11.1 Å². The summed E-state index contributed by atoms with van der Waals surface area (Å²) in [6, 6.07) is 12.0. The Kier molecular flexibility index (Phi) is 10.6. The number of anilines is 1. The first-order chi connectivity index (χ1) is 25.9. The van der Waals surface area contributed by atoms with Crippen LogP contribution in [0.1, 0.15) is 74.4 Å². The first kappa shape index (κ1) is 38.2. The summed E-state index contributed by atoms with van der Waals surface area (Å²) in [5.74, 6) is 0.445. The quantitative estimate of drug-likeness (QED) is 0.395. The zero-order chi connectivity index (χ0) is 37.8. The smallest absolute Gasteiger partial charge is 0.264 e. The molecule has 2 bridgehead atoms. The lowest BCUT2D eigenvalue weighted by molar-refractivity contribution is -0.117. The number of fused-ring (bicyclic) bond motifs is 5. The van der Waals surface area contributed by atoms with Gasteiger partial charge in [0.15, 0.2) is 0 Å². The minimum Gasteiger partial charge on any atom is -0.490 e. The Bertz CT molecular complexity index is 1880. The Balaban J connectivity index is 1.18. The molecule has 8 rings (SSSR count). The Labute approximate surface area is 326 Å². The molecule has 54 heavy (non-hydrogen) atoms. The number of rotatable bonds is 3. The van der Waals surface area contributed by atoms with Gasteiger partial charge in [0.25, 0.3) is 5.91 Å². The number of nitrogens with zero attached hydrogens (tertiary/aromatic N) is 3. The molecule has 4 aliphatic heterocycles. The van der Waals surface area contributed by atoms with E-state index in [0.29, 0.717) is 42.8 Å². The van der Waals surface area contributed by atoms with Crippen LogP contribution in [0.2, 0.25) is 5.02 Å². The molecule has 0 aromatic heterocycles. The summed E-state index contributed by atoms with van der Waals surface area (Å²) in [4.78, 5) is 21.3. The Morgan fingerprint density at radius 1 is 1.06 bits per heavy atom. The first-order valence-electron chi connectivity index (χ1n) is 20.1. The van der Waals surface area contributed by atoms with Crippen LogP contribution < -0.4 is 14.4 Å². The third kappa shape index (κ3) is 7.22. The van der Waals surface area contributed by atoms with Crippen molar-refractivity contribution in [3.8, 4) is 5.75 Å². The van der Waals surface area contributed by atoms with Crippen molar-refractivity contribution in [2.75, 3.05) is 71.0 Å². The SMILES string of the molecule is CO[C@@]1(CN2CCN3C[C@@H](C)OC[C@@H]3C2)/C=C\C[C@H](C)[C@@H](C)S(=O)(=O)NC(=O)c2ccc3c(c2)N(C[C@@H]2CC[C@H]21)C[C@@]1(CCCc2cc(Cl)ccc21)CO3. The maximum absolute atomic E-state index is 13.7. The monoisotopic (exact) mass is 780 g/mol. The molecule has 1 amide bonds. The Morgan fingerprint density at radius 2 is 1.91 bits per heavy atom. The molecule has 2 aromatic rings. The van der Waals surface area contributed by atoms with Crippen LogP contribution in [0.15, 0.2) is 48.6 Å². The van der Waals surface area contributed by atoms with E-state index in [4.69, 9.17) is 25.8 Å². The molecule has 1 saturated carbocycles. The first-order valence-corrected chi connectivity index (χ1v) is 22.0. The normalized spacial score (nSPS) is 36.4. The van der Waals surface area contributed by atoms with Crippen molar-refractivity contribution >= 4 is 33.2 Å². The van der Waals surface area contributed by atoms with Crippen LogP contribution in [0.25, 0.3) is 0 Å². The van der Waals surface area contributed by atoms with Crippen molar-refractivity contribution in [2.45, 2.75) is 87.7 Å². The summed E-state index contributed by atoms with van der Waals surface area (Å²) in [6.07, 6.45) is 10.3. The van der Waals surface area contributed by atoms with Crippen LogP contribution >= 0.6 is 11.6 Å². The van der Waals surface area contributed by atoms with Gasteiger partial charge >= 0.3 is 0 Å². The number of hydrogen-bond donors (Lipinski definition) is 1. The number of hydrogen-bond acceptors (Lipinski definition) is 9. The second-order valence-electron chi connectivity index (χ2n) is 17.2. The number of allylic oxidation sites excluding steroid dienone is 1. The average Bonchev–Trinajstić information content (AvgIpc) is 3.29. The fraction of sp³-hybridized carbons (Fsp3) is 0.643. The number of nitrogens with one attached hydrogen (secondary N) is 1. The Hall–Kier alpha value is -2.67. The van der Waals surface area contributed by atoms with Gasteiger partial charge < -0.3 is 19.1 Å². The average molecular weight is 781 g/mol. The predicted octanol–water partition coefficient (Wildman–Crippen LogP) is 5.67. The minimum atomic E-state index is -3.96. The number of halogens is 1. The maximum atomic E-state index is 13.7. The van der Waals surface area contributed by atoms with Crippen LogP contribution in [0.5, 0.6) is 5.75 Å². The number of sulfonamides is 1. The van der Waals surface area contributed by atoms with Gasteiger partial charge in [0.05, 0.1) is 30.3 Å². The van der Waals surface area contributed by atoms with Crippen molar-refractivity contribution in [3.05, 3.63) is 70.3 Å². The van der Waals surface area contributed by atoms with Crippen molar-refractivity contribution in [1.82, 2.24) is 14.5 Å². The van der Waals surface area contributed by atoms with E-state index in [9.17, 15) is 13.2 Å². The van der Waals surface area contributed by atoms with Gasteiger partial charge in [-0.3, -0.25) is 14.6 Å². The second-order valence-corrected chi connectivity index (χ2v) is 19.7. The third-order valence-electron chi connectivity index (χ3n) is 13.8. The fourth-order valence-corrected chi connectivity index (χ4v) is 11.8. The van der Waals surface area contributed by atoms with Crippen molar-refractivity contribution in [2.24, 2.45) is 17.8 Å². The highest BCUT2D eigenvalue weighted by atomic mass is 35.5. The molecule has 1 N–H and O–H groups in total. The lowest BCUT2D eigenvalue weighted by Crippen LogP contribution is -2.63. The van der Waals surface area contributed by atoms with E-state index in [-0.39, 0.29) is 23.4 Å². The second kappa shape index (κ2) is 15.0. The van der Waals surface area contributed by atoms with E-state index < -0.39 is 26.8 Å². The van der Waals surface area contributed by atoms with Gasteiger partial charge in [-0.15, -0.1) is 0 Å². The molecule has 1 spiro atoms. The topological polar surface area (TPSA) is 101 Å². The summed E-state index contributed by atoms with van der Waals surface area (Å²) >= 11 is 6.51. The largest absolute Gasteiger partial charge is 0.490 e. The van der Waals surface area contributed by atoms with Crippen LogP contribution in [0.3, 0.4) is 0 Å². The number of ether oxygens (including phenoxy) is 3. The molecule has 3 fully saturated rings. The van der Waals surface area contributed by atoms with Gasteiger partial charge in [0.2, 0.25) is 10.0 Å². The highest BCUT2D eigenvalue weighted by Gasteiger charge is 2.50. The van der Waals surface area contributed by atoms with E-state index in [1.807, 2.05) is 32.2 Å². The highest BCUT2D eigenvalue weighted by Crippen LogP contribution is 2.49. The van der Waals surface area contributed by atoms with Crippen molar-refractivity contribution in [3.63, 3.8) is 0 Å². The number of methoxy groups -OCH3 is 1. The third-order valence-corrected chi connectivity index (χ3v) is 16.0. The minimum absolute atomic E-state index is 0.225. The molecule has 2 saturated heterocycles. The molecule has 294 valence electrons. The molecule has 2 aromatic carbocycles. The van der Waals surface area contributed by atoms with Crippen molar-refractivity contribution in [1.29, 1.82) is 0 Å². The summed E-state index contributed by atoms with van der Waals surface area (Å²) in [6.45, 7) is 13.2. The van der Waals surface area contributed by atoms with Gasteiger partial charge in [0.1, 0.15) is 11.4 Å². The zero-order valence-electron chi connectivity index (χ0n) is 32.3. The fourth-order valence-electron chi connectivity index (χ4n) is 10.3. The molecule has 2 aliphatic carbocycles. The molecule has 10 nitrogen and oxygen atoms in total. The van der Waals surface area contributed by atoms with E-state index in [2.05, 4.69) is 50.6 Å². The summed E-state index contributed by atoms with van der Waals surface area (Å²) in [7, 11) is -2.11. The summed E-state index contributed by atoms with van der Waals surface area (Å²) in [5, 5.41) is -0.0363. The number of morpholine rings is 1. The molecule has 4 heterocycles. The zero-order valence-corrected chi connectivity index (χ0v) is 33.8. The number of amides is 1. The lowest BCUT2D eigenvalue weighted by atomic mass is 9.63. The lowest BCUT2D eigenvalue weighted by Gasteiger charge is -2.53. The van der Waals surface area contributed by atoms with E-state index in [0.717, 1.165) is 88.7 Å². The van der Waals surface area contributed by atoms with Crippen LogP contribution in [0, 0.1) is 17.8 Å². The number of aryl methyl sites for hydroxylation is 1. The number of benzene rings is 2. The van der Waals surface area contributed by atoms with Gasteiger partial charge in [-0.1, -0.05) is 36.7 Å². The van der Waals surface area contributed by atoms with Crippen LogP contribution in [0.4, 0.5) is 5.69 Å². The van der Waals surface area contributed by atoms with Crippen LogP contribution in [-0.4, -0.2) is 113 Å². The van der Waals surface area contributed by atoms with Crippen LogP contribution in [-0.2, 0) is 31.3 Å². The molecule has 0 radical (unpaired) electrons. The van der Waals surface area contributed by atoms with Gasteiger partial charge in [0, 0.05) is 75.0 Å². The molecular formula is C42H57ClN4O6S. The van der Waals surface area contributed by atoms with Gasteiger partial charge in [-0.05, 0) is 112 Å². The summed E-state index contributed by atoms with van der Waals surface area (Å²) in [5.41, 5.74) is 2.87. The van der Waals surface area contributed by atoms with Crippen molar-refractivity contribution < 1.29 is 27.4 Å². The van der Waals surface area contributed by atoms with Gasteiger partial charge in [-0.25, -0.2) is 13.1 Å². The Morgan fingerprint density at radius 3 is 2.70 bits per heavy atom. The number of carbonyl (C=O) groups excluding carboxylic acids is 1. The van der Waals surface area contributed by atoms with E-state index in [1.54, 1.807) is 13.0 Å².